The molecule has 32 heavy (non-hydrogen) atoms. The summed E-state index contributed by atoms with van der Waals surface area (Å²) in [6, 6.07) is 21.0. The standard InChI is InChI=1S/C25H22N4O3/c1-17-26-23(27-32-17)19-7-9-20(10-8-19)24(30)28-12-14-29(15-13-28)25(31)22-11-6-18-4-2-3-5-21(18)16-22/h2-11,16H,12-15H2,1H3. The van der Waals surface area contributed by atoms with Crippen LogP contribution in [-0.2, 0) is 0 Å². The number of benzene rings is 3. The van der Waals surface area contributed by atoms with Gasteiger partial charge in [-0.1, -0.05) is 47.6 Å². The molecule has 1 saturated heterocycles. The van der Waals surface area contributed by atoms with Gasteiger partial charge in [0.2, 0.25) is 11.7 Å². The van der Waals surface area contributed by atoms with Crippen LogP contribution in [0, 0.1) is 6.92 Å². The van der Waals surface area contributed by atoms with E-state index in [0.29, 0.717) is 49.0 Å². The molecule has 2 heterocycles. The van der Waals surface area contributed by atoms with Crippen LogP contribution in [0.15, 0.2) is 71.3 Å². The van der Waals surface area contributed by atoms with E-state index in [2.05, 4.69) is 10.1 Å². The van der Waals surface area contributed by atoms with Crippen molar-refractivity contribution in [3.05, 3.63) is 83.7 Å². The summed E-state index contributed by atoms with van der Waals surface area (Å²) < 4.78 is 5.01. The van der Waals surface area contributed by atoms with Crippen molar-refractivity contribution in [2.75, 3.05) is 26.2 Å². The average Bonchev–Trinajstić information content (AvgIpc) is 3.29. The summed E-state index contributed by atoms with van der Waals surface area (Å²) in [5, 5.41) is 6.06. The van der Waals surface area contributed by atoms with E-state index in [1.54, 1.807) is 24.0 Å². The van der Waals surface area contributed by atoms with Gasteiger partial charge in [-0.2, -0.15) is 4.98 Å². The van der Waals surface area contributed by atoms with E-state index < -0.39 is 0 Å². The Morgan fingerprint density at radius 3 is 2.00 bits per heavy atom. The molecule has 0 radical (unpaired) electrons. The third-order valence-electron chi connectivity index (χ3n) is 5.77. The van der Waals surface area contributed by atoms with Gasteiger partial charge < -0.3 is 14.3 Å². The van der Waals surface area contributed by atoms with E-state index in [0.717, 1.165) is 16.3 Å². The highest BCUT2D eigenvalue weighted by molar-refractivity contribution is 5.99. The number of carbonyl (C=O) groups is 2. The van der Waals surface area contributed by atoms with Crippen LogP contribution in [-0.4, -0.2) is 57.9 Å². The number of hydrogen-bond acceptors (Lipinski definition) is 5. The van der Waals surface area contributed by atoms with Gasteiger partial charge in [0.15, 0.2) is 0 Å². The molecule has 0 bridgehead atoms. The third-order valence-corrected chi connectivity index (χ3v) is 5.77. The van der Waals surface area contributed by atoms with Crippen LogP contribution in [0.25, 0.3) is 22.2 Å². The Morgan fingerprint density at radius 2 is 1.38 bits per heavy atom. The first kappa shape index (κ1) is 19.9. The highest BCUT2D eigenvalue weighted by Crippen LogP contribution is 2.20. The van der Waals surface area contributed by atoms with Crippen LogP contribution in [0.3, 0.4) is 0 Å². The zero-order valence-electron chi connectivity index (χ0n) is 17.7. The van der Waals surface area contributed by atoms with E-state index >= 15 is 0 Å². The zero-order valence-corrected chi connectivity index (χ0v) is 17.7. The number of rotatable bonds is 3. The Hall–Kier alpha value is -4.00. The van der Waals surface area contributed by atoms with Crippen LogP contribution >= 0.6 is 0 Å². The van der Waals surface area contributed by atoms with Crippen molar-refractivity contribution >= 4 is 22.6 Å². The Kier molecular flexibility index (Phi) is 5.15. The van der Waals surface area contributed by atoms with Gasteiger partial charge in [0.05, 0.1) is 0 Å². The van der Waals surface area contributed by atoms with Crippen LogP contribution in [0.1, 0.15) is 26.6 Å². The van der Waals surface area contributed by atoms with Crippen molar-refractivity contribution in [2.24, 2.45) is 0 Å². The molecule has 3 aromatic carbocycles. The first-order valence-corrected chi connectivity index (χ1v) is 10.6. The number of fused-ring (bicyclic) bond motifs is 1. The minimum Gasteiger partial charge on any atom is -0.339 e. The molecule has 2 amide bonds. The lowest BCUT2D eigenvalue weighted by atomic mass is 10.1. The van der Waals surface area contributed by atoms with Gasteiger partial charge in [0.1, 0.15) is 0 Å². The molecule has 7 heteroatoms. The summed E-state index contributed by atoms with van der Waals surface area (Å²) in [6.07, 6.45) is 0. The molecule has 1 aromatic heterocycles. The molecule has 1 aliphatic rings. The van der Waals surface area contributed by atoms with Gasteiger partial charge in [0.25, 0.3) is 11.8 Å². The van der Waals surface area contributed by atoms with Gasteiger partial charge in [-0.25, -0.2) is 0 Å². The lowest BCUT2D eigenvalue weighted by Gasteiger charge is -2.35. The van der Waals surface area contributed by atoms with Crippen LogP contribution in [0.4, 0.5) is 0 Å². The van der Waals surface area contributed by atoms with Crippen molar-refractivity contribution in [1.82, 2.24) is 19.9 Å². The second-order valence-electron chi connectivity index (χ2n) is 7.86. The van der Waals surface area contributed by atoms with E-state index in [9.17, 15) is 9.59 Å². The molecule has 0 atom stereocenters. The molecule has 4 aromatic rings. The Balaban J connectivity index is 1.22. The molecular formula is C25H22N4O3. The number of piperazine rings is 1. The number of aryl methyl sites for hydroxylation is 1. The fourth-order valence-electron chi connectivity index (χ4n) is 3.98. The molecule has 5 rings (SSSR count). The van der Waals surface area contributed by atoms with Crippen molar-refractivity contribution in [3.63, 3.8) is 0 Å². The topological polar surface area (TPSA) is 79.5 Å². The van der Waals surface area contributed by atoms with Crippen LogP contribution < -0.4 is 0 Å². The van der Waals surface area contributed by atoms with Gasteiger partial charge in [-0.3, -0.25) is 9.59 Å². The van der Waals surface area contributed by atoms with Crippen molar-refractivity contribution in [3.8, 4) is 11.4 Å². The Bertz CT molecular complexity index is 1290. The number of hydrogen-bond donors (Lipinski definition) is 0. The normalized spacial score (nSPS) is 14.0. The summed E-state index contributed by atoms with van der Waals surface area (Å²) in [6.45, 7) is 3.77. The number of amides is 2. The van der Waals surface area contributed by atoms with Crippen LogP contribution in [0.2, 0.25) is 0 Å². The molecule has 1 fully saturated rings. The molecular weight excluding hydrogens is 404 g/mol. The second-order valence-corrected chi connectivity index (χ2v) is 7.86. The van der Waals surface area contributed by atoms with Crippen molar-refractivity contribution < 1.29 is 14.1 Å². The summed E-state index contributed by atoms with van der Waals surface area (Å²) >= 11 is 0. The van der Waals surface area contributed by atoms with E-state index in [4.69, 9.17) is 4.52 Å². The predicted octanol–water partition coefficient (Wildman–Crippen LogP) is 3.80. The number of aromatic nitrogens is 2. The minimum atomic E-state index is -0.0429. The smallest absolute Gasteiger partial charge is 0.253 e. The summed E-state index contributed by atoms with van der Waals surface area (Å²) in [5.74, 6) is 0.958. The minimum absolute atomic E-state index is 0.00242. The lowest BCUT2D eigenvalue weighted by molar-refractivity contribution is 0.0535. The third kappa shape index (κ3) is 3.85. The first-order valence-electron chi connectivity index (χ1n) is 10.6. The summed E-state index contributed by atoms with van der Waals surface area (Å²) in [4.78, 5) is 33.7. The quantitative estimate of drug-likeness (QED) is 0.498. The summed E-state index contributed by atoms with van der Waals surface area (Å²) in [5.41, 5.74) is 2.07. The lowest BCUT2D eigenvalue weighted by Crippen LogP contribution is -2.50. The first-order chi connectivity index (χ1) is 15.6. The molecule has 7 nitrogen and oxygen atoms in total. The van der Waals surface area contributed by atoms with Gasteiger partial charge in [-0.15, -0.1) is 0 Å². The molecule has 160 valence electrons. The monoisotopic (exact) mass is 426 g/mol. The fourth-order valence-corrected chi connectivity index (χ4v) is 3.98. The molecule has 0 aliphatic carbocycles. The molecule has 0 saturated carbocycles. The number of carbonyl (C=O) groups excluding carboxylic acids is 2. The van der Waals surface area contributed by atoms with Crippen molar-refractivity contribution in [2.45, 2.75) is 6.92 Å². The second kappa shape index (κ2) is 8.26. The molecule has 0 spiro atoms. The maximum Gasteiger partial charge on any atom is 0.253 e. The Morgan fingerprint density at radius 1 is 0.781 bits per heavy atom. The predicted molar refractivity (Wildman–Crippen MR) is 120 cm³/mol. The van der Waals surface area contributed by atoms with Gasteiger partial charge in [0, 0.05) is 49.8 Å². The molecule has 1 aliphatic heterocycles. The SMILES string of the molecule is Cc1nc(-c2ccc(C(=O)N3CCN(C(=O)c4ccc5ccccc5c4)CC3)cc2)no1. The summed E-state index contributed by atoms with van der Waals surface area (Å²) in [7, 11) is 0. The maximum absolute atomic E-state index is 13.0. The average molecular weight is 426 g/mol. The van der Waals surface area contributed by atoms with E-state index in [1.165, 1.54) is 0 Å². The van der Waals surface area contributed by atoms with Crippen molar-refractivity contribution in [1.29, 1.82) is 0 Å². The van der Waals surface area contributed by atoms with Gasteiger partial charge in [-0.05, 0) is 35.0 Å². The van der Waals surface area contributed by atoms with E-state index in [1.807, 2.05) is 59.5 Å². The van der Waals surface area contributed by atoms with Gasteiger partial charge >= 0.3 is 0 Å². The fraction of sp³-hybridized carbons (Fsp3) is 0.200. The highest BCUT2D eigenvalue weighted by Gasteiger charge is 2.25. The van der Waals surface area contributed by atoms with Crippen LogP contribution in [0.5, 0.6) is 0 Å². The zero-order chi connectivity index (χ0) is 22.1. The Labute approximate surface area is 185 Å². The highest BCUT2D eigenvalue weighted by atomic mass is 16.5. The molecule has 0 unspecified atom stereocenters. The maximum atomic E-state index is 13.0. The number of nitrogens with zero attached hydrogens (tertiary/aromatic N) is 4. The molecule has 0 N–H and O–H groups in total. The van der Waals surface area contributed by atoms with E-state index in [-0.39, 0.29) is 11.8 Å². The largest absolute Gasteiger partial charge is 0.339 e.